The Hall–Kier alpha value is -1.56. The number of aliphatic hydroxyl groups excluding tert-OH is 1. The number of carbonyl (C=O) groups is 1. The first-order valence-electron chi connectivity index (χ1n) is 6.85. The molecular weight excluding hydrogens is 283 g/mol. The Morgan fingerprint density at radius 1 is 1.38 bits per heavy atom. The van der Waals surface area contributed by atoms with Crippen LogP contribution in [0.5, 0.6) is 0 Å². The van der Waals surface area contributed by atoms with Crippen LogP contribution in [0.4, 0.5) is 13.2 Å². The van der Waals surface area contributed by atoms with Crippen LogP contribution in [0.1, 0.15) is 25.0 Å². The third-order valence-corrected chi connectivity index (χ3v) is 3.28. The van der Waals surface area contributed by atoms with Gasteiger partial charge in [0.05, 0.1) is 12.2 Å². The Labute approximate surface area is 122 Å². The molecule has 1 aromatic rings. The summed E-state index contributed by atoms with van der Waals surface area (Å²) in [7, 11) is 0. The highest BCUT2D eigenvalue weighted by Gasteiger charge is 2.30. The summed E-state index contributed by atoms with van der Waals surface area (Å²) in [5.41, 5.74) is -0.229. The number of nitrogens with zero attached hydrogens (tertiary/aromatic N) is 1. The topological polar surface area (TPSA) is 40.5 Å². The zero-order valence-corrected chi connectivity index (χ0v) is 12.2. The molecule has 0 fully saturated rings. The molecule has 0 aliphatic carbocycles. The van der Waals surface area contributed by atoms with Gasteiger partial charge in [0.1, 0.15) is 0 Å². The molecule has 3 nitrogen and oxygen atoms in total. The summed E-state index contributed by atoms with van der Waals surface area (Å²) in [5.74, 6) is -0.594. The van der Waals surface area contributed by atoms with Crippen LogP contribution in [-0.4, -0.2) is 35.6 Å². The Balaban J connectivity index is 2.79. The molecule has 0 saturated heterocycles. The SMILES string of the molecule is CCN(CCO)C(=O)C(C)Cc1cccc(C(F)(F)F)c1. The predicted octanol–water partition coefficient (Wildman–Crippen LogP) is 2.72. The van der Waals surface area contributed by atoms with E-state index < -0.39 is 17.7 Å². The fourth-order valence-electron chi connectivity index (χ4n) is 2.17. The molecule has 118 valence electrons. The van der Waals surface area contributed by atoms with Gasteiger partial charge in [-0.05, 0) is 25.0 Å². The van der Waals surface area contributed by atoms with E-state index in [0.29, 0.717) is 12.1 Å². The highest BCUT2D eigenvalue weighted by Crippen LogP contribution is 2.30. The van der Waals surface area contributed by atoms with Gasteiger partial charge < -0.3 is 10.0 Å². The number of rotatable bonds is 6. The number of carbonyl (C=O) groups excluding carboxylic acids is 1. The number of alkyl halides is 3. The van der Waals surface area contributed by atoms with Crippen LogP contribution in [0.2, 0.25) is 0 Å². The van der Waals surface area contributed by atoms with E-state index in [1.54, 1.807) is 19.9 Å². The Kier molecular flexibility index (Phi) is 6.20. The van der Waals surface area contributed by atoms with Gasteiger partial charge in [-0.25, -0.2) is 0 Å². The van der Waals surface area contributed by atoms with E-state index in [-0.39, 0.29) is 25.5 Å². The maximum Gasteiger partial charge on any atom is 0.416 e. The summed E-state index contributed by atoms with van der Waals surface area (Å²) in [6.07, 6.45) is -4.14. The van der Waals surface area contributed by atoms with E-state index in [2.05, 4.69) is 0 Å². The van der Waals surface area contributed by atoms with E-state index in [1.165, 1.54) is 11.0 Å². The number of halogens is 3. The maximum atomic E-state index is 12.6. The van der Waals surface area contributed by atoms with Crippen molar-refractivity contribution in [3.63, 3.8) is 0 Å². The quantitative estimate of drug-likeness (QED) is 0.878. The second kappa shape index (κ2) is 7.45. The van der Waals surface area contributed by atoms with Crippen molar-refractivity contribution in [1.82, 2.24) is 4.90 Å². The monoisotopic (exact) mass is 303 g/mol. The molecular formula is C15H20F3NO2. The molecule has 0 heterocycles. The second-order valence-corrected chi connectivity index (χ2v) is 4.94. The van der Waals surface area contributed by atoms with E-state index >= 15 is 0 Å². The predicted molar refractivity (Wildman–Crippen MR) is 73.7 cm³/mol. The van der Waals surface area contributed by atoms with Crippen molar-refractivity contribution in [2.24, 2.45) is 5.92 Å². The third kappa shape index (κ3) is 5.04. The van der Waals surface area contributed by atoms with Gasteiger partial charge >= 0.3 is 6.18 Å². The van der Waals surface area contributed by atoms with E-state index in [0.717, 1.165) is 12.1 Å². The summed E-state index contributed by atoms with van der Waals surface area (Å²) in [4.78, 5) is 13.6. The molecule has 0 aliphatic rings. The molecule has 0 aromatic heterocycles. The minimum absolute atomic E-state index is 0.129. The highest BCUT2D eigenvalue weighted by atomic mass is 19.4. The fourth-order valence-corrected chi connectivity index (χ4v) is 2.17. The molecule has 1 aromatic carbocycles. The molecule has 6 heteroatoms. The average molecular weight is 303 g/mol. The zero-order chi connectivity index (χ0) is 16.0. The van der Waals surface area contributed by atoms with Crippen molar-refractivity contribution in [1.29, 1.82) is 0 Å². The summed E-state index contributed by atoms with van der Waals surface area (Å²) in [6.45, 7) is 4.05. The number of aliphatic hydroxyl groups is 1. The van der Waals surface area contributed by atoms with Crippen molar-refractivity contribution in [2.45, 2.75) is 26.4 Å². The minimum Gasteiger partial charge on any atom is -0.395 e. The fraction of sp³-hybridized carbons (Fsp3) is 0.533. The molecule has 1 rings (SSSR count). The largest absolute Gasteiger partial charge is 0.416 e. The van der Waals surface area contributed by atoms with Crippen LogP contribution in [-0.2, 0) is 17.4 Å². The van der Waals surface area contributed by atoms with Crippen LogP contribution in [0, 0.1) is 5.92 Å². The van der Waals surface area contributed by atoms with Gasteiger partial charge in [-0.2, -0.15) is 13.2 Å². The average Bonchev–Trinajstić information content (AvgIpc) is 2.43. The highest BCUT2D eigenvalue weighted by molar-refractivity contribution is 5.78. The van der Waals surface area contributed by atoms with E-state index in [4.69, 9.17) is 5.11 Å². The first kappa shape index (κ1) is 17.5. The lowest BCUT2D eigenvalue weighted by Gasteiger charge is -2.23. The maximum absolute atomic E-state index is 12.6. The number of hydrogen-bond acceptors (Lipinski definition) is 2. The van der Waals surface area contributed by atoms with Crippen molar-refractivity contribution in [3.8, 4) is 0 Å². The van der Waals surface area contributed by atoms with Gasteiger partial charge in [0.15, 0.2) is 0 Å². The van der Waals surface area contributed by atoms with Gasteiger partial charge in [-0.3, -0.25) is 4.79 Å². The Bertz CT molecular complexity index is 474. The molecule has 0 radical (unpaired) electrons. The molecule has 0 saturated carbocycles. The number of benzene rings is 1. The van der Waals surface area contributed by atoms with Gasteiger partial charge in [0.2, 0.25) is 5.91 Å². The number of likely N-dealkylation sites (N-methyl/N-ethyl adjacent to an activating group) is 1. The van der Waals surface area contributed by atoms with Crippen molar-refractivity contribution >= 4 is 5.91 Å². The van der Waals surface area contributed by atoms with E-state index in [1.807, 2.05) is 0 Å². The molecule has 1 N–H and O–H groups in total. The van der Waals surface area contributed by atoms with Crippen molar-refractivity contribution in [2.75, 3.05) is 19.7 Å². The summed E-state index contributed by atoms with van der Waals surface area (Å²) in [5, 5.41) is 8.90. The van der Waals surface area contributed by atoms with Crippen LogP contribution in [0.15, 0.2) is 24.3 Å². The van der Waals surface area contributed by atoms with Crippen LogP contribution >= 0.6 is 0 Å². The molecule has 0 spiro atoms. The van der Waals surface area contributed by atoms with Crippen molar-refractivity contribution in [3.05, 3.63) is 35.4 Å². The zero-order valence-electron chi connectivity index (χ0n) is 12.2. The smallest absolute Gasteiger partial charge is 0.395 e. The lowest BCUT2D eigenvalue weighted by molar-refractivity contribution is -0.137. The summed E-state index contributed by atoms with van der Waals surface area (Å²) in [6, 6.07) is 5.02. The summed E-state index contributed by atoms with van der Waals surface area (Å²) >= 11 is 0. The molecule has 0 bridgehead atoms. The molecule has 1 unspecified atom stereocenters. The van der Waals surface area contributed by atoms with Crippen molar-refractivity contribution < 1.29 is 23.1 Å². The van der Waals surface area contributed by atoms with Gasteiger partial charge in [-0.1, -0.05) is 25.1 Å². The minimum atomic E-state index is -4.38. The third-order valence-electron chi connectivity index (χ3n) is 3.28. The first-order chi connectivity index (χ1) is 9.79. The van der Waals surface area contributed by atoms with Gasteiger partial charge in [-0.15, -0.1) is 0 Å². The first-order valence-corrected chi connectivity index (χ1v) is 6.85. The normalized spacial score (nSPS) is 13.0. The Morgan fingerprint density at radius 3 is 2.57 bits per heavy atom. The Morgan fingerprint density at radius 2 is 2.05 bits per heavy atom. The van der Waals surface area contributed by atoms with Gasteiger partial charge in [0, 0.05) is 19.0 Å². The molecule has 1 atom stereocenters. The summed E-state index contributed by atoms with van der Waals surface area (Å²) < 4.78 is 37.9. The lowest BCUT2D eigenvalue weighted by atomic mass is 9.98. The number of amides is 1. The molecule has 21 heavy (non-hydrogen) atoms. The second-order valence-electron chi connectivity index (χ2n) is 4.94. The van der Waals surface area contributed by atoms with Crippen LogP contribution < -0.4 is 0 Å². The lowest BCUT2D eigenvalue weighted by Crippen LogP contribution is -2.37. The number of hydrogen-bond donors (Lipinski definition) is 1. The van der Waals surface area contributed by atoms with Crippen LogP contribution in [0.25, 0.3) is 0 Å². The molecule has 0 aliphatic heterocycles. The van der Waals surface area contributed by atoms with E-state index in [9.17, 15) is 18.0 Å². The molecule has 1 amide bonds. The standard InChI is InChI=1S/C15H20F3NO2/c1-3-19(7-8-20)14(21)11(2)9-12-5-4-6-13(10-12)15(16,17)18/h4-6,10-11,20H,3,7-9H2,1-2H3. The van der Waals surface area contributed by atoms with Gasteiger partial charge in [0.25, 0.3) is 0 Å². The van der Waals surface area contributed by atoms with Crippen LogP contribution in [0.3, 0.4) is 0 Å².